The van der Waals surface area contributed by atoms with E-state index in [-0.39, 0.29) is 5.91 Å². The van der Waals surface area contributed by atoms with Gasteiger partial charge in [-0.1, -0.05) is 31.7 Å². The van der Waals surface area contributed by atoms with E-state index in [1.807, 2.05) is 24.5 Å². The second-order valence-electron chi connectivity index (χ2n) is 7.30. The molecule has 150 valence electrons. The van der Waals surface area contributed by atoms with Crippen molar-refractivity contribution in [3.05, 3.63) is 41.2 Å². The maximum Gasteiger partial charge on any atom is 0.243 e. The number of rotatable bonds is 9. The van der Waals surface area contributed by atoms with Crippen LogP contribution in [0.3, 0.4) is 0 Å². The van der Waals surface area contributed by atoms with Crippen molar-refractivity contribution >= 4 is 23.7 Å². The SMILES string of the molecule is CSc1nnc(CCCNC(=O)C=Cc2ccc3c(c2)CCO3)n1CC(C)C. The van der Waals surface area contributed by atoms with E-state index in [1.54, 1.807) is 17.8 Å². The predicted molar refractivity (Wildman–Crippen MR) is 113 cm³/mol. The molecule has 0 saturated carbocycles. The first-order valence-electron chi connectivity index (χ1n) is 9.74. The van der Waals surface area contributed by atoms with Crippen molar-refractivity contribution in [2.45, 2.75) is 44.8 Å². The first-order valence-corrected chi connectivity index (χ1v) is 11.0. The van der Waals surface area contributed by atoms with Crippen LogP contribution in [0.1, 0.15) is 37.2 Å². The molecule has 0 bridgehead atoms. The highest BCUT2D eigenvalue weighted by Gasteiger charge is 2.13. The second-order valence-corrected chi connectivity index (χ2v) is 8.07. The minimum Gasteiger partial charge on any atom is -0.493 e. The van der Waals surface area contributed by atoms with Crippen molar-refractivity contribution in [3.63, 3.8) is 0 Å². The standard InChI is InChI=1S/C21H28N4O2S/c1-15(2)14-25-19(23-24-21(25)28-3)5-4-11-22-20(26)9-7-16-6-8-18-17(13-16)10-12-27-18/h6-9,13,15H,4-5,10-12,14H2,1-3H3,(H,22,26). The monoisotopic (exact) mass is 400 g/mol. The summed E-state index contributed by atoms with van der Waals surface area (Å²) < 4.78 is 7.69. The van der Waals surface area contributed by atoms with Crippen LogP contribution in [0, 0.1) is 5.92 Å². The van der Waals surface area contributed by atoms with Gasteiger partial charge in [0.2, 0.25) is 5.91 Å². The number of carbonyl (C=O) groups excluding carboxylic acids is 1. The van der Waals surface area contributed by atoms with Gasteiger partial charge in [-0.25, -0.2) is 0 Å². The highest BCUT2D eigenvalue weighted by atomic mass is 32.2. The van der Waals surface area contributed by atoms with Crippen molar-refractivity contribution in [2.75, 3.05) is 19.4 Å². The highest BCUT2D eigenvalue weighted by Crippen LogP contribution is 2.26. The van der Waals surface area contributed by atoms with Crippen LogP contribution in [0.15, 0.2) is 29.4 Å². The van der Waals surface area contributed by atoms with Gasteiger partial charge in [0.15, 0.2) is 5.16 Å². The summed E-state index contributed by atoms with van der Waals surface area (Å²) in [5.74, 6) is 2.40. The molecule has 0 unspecified atom stereocenters. The van der Waals surface area contributed by atoms with Crippen LogP contribution in [0.4, 0.5) is 0 Å². The third kappa shape index (κ3) is 5.38. The molecule has 1 amide bonds. The fourth-order valence-electron chi connectivity index (χ4n) is 3.20. The zero-order valence-electron chi connectivity index (χ0n) is 16.8. The van der Waals surface area contributed by atoms with Gasteiger partial charge in [-0.3, -0.25) is 4.79 Å². The summed E-state index contributed by atoms with van der Waals surface area (Å²) in [6.45, 7) is 6.65. The van der Waals surface area contributed by atoms with Crippen molar-refractivity contribution in [1.82, 2.24) is 20.1 Å². The first-order chi connectivity index (χ1) is 13.6. The molecule has 28 heavy (non-hydrogen) atoms. The van der Waals surface area contributed by atoms with Gasteiger partial charge >= 0.3 is 0 Å². The number of hydrogen-bond donors (Lipinski definition) is 1. The molecule has 1 aromatic heterocycles. The van der Waals surface area contributed by atoms with E-state index < -0.39 is 0 Å². The number of aryl methyl sites for hydroxylation is 1. The van der Waals surface area contributed by atoms with Crippen LogP contribution < -0.4 is 10.1 Å². The maximum absolute atomic E-state index is 12.1. The molecule has 0 radical (unpaired) electrons. The molecule has 0 fully saturated rings. The molecule has 0 aliphatic carbocycles. The Morgan fingerprint density at radius 3 is 3.04 bits per heavy atom. The summed E-state index contributed by atoms with van der Waals surface area (Å²) in [6.07, 6.45) is 8.02. The fraction of sp³-hybridized carbons (Fsp3) is 0.476. The Balaban J connectivity index is 1.45. The van der Waals surface area contributed by atoms with Crippen molar-refractivity contribution < 1.29 is 9.53 Å². The molecule has 2 aromatic rings. The van der Waals surface area contributed by atoms with Gasteiger partial charge in [-0.2, -0.15) is 0 Å². The number of carbonyl (C=O) groups is 1. The van der Waals surface area contributed by atoms with Gasteiger partial charge in [0, 0.05) is 32.0 Å². The summed E-state index contributed by atoms with van der Waals surface area (Å²) in [7, 11) is 0. The lowest BCUT2D eigenvalue weighted by Gasteiger charge is -2.11. The Morgan fingerprint density at radius 2 is 2.25 bits per heavy atom. The fourth-order valence-corrected chi connectivity index (χ4v) is 3.73. The summed E-state index contributed by atoms with van der Waals surface area (Å²) >= 11 is 1.62. The normalized spacial score (nSPS) is 13.1. The quantitative estimate of drug-likeness (QED) is 0.397. The molecule has 1 aromatic carbocycles. The topological polar surface area (TPSA) is 69.0 Å². The third-order valence-corrected chi connectivity index (χ3v) is 5.21. The molecule has 6 nitrogen and oxygen atoms in total. The number of thioether (sulfide) groups is 1. The van der Waals surface area contributed by atoms with Crippen LogP contribution in [0.25, 0.3) is 6.08 Å². The molecular formula is C21H28N4O2S. The highest BCUT2D eigenvalue weighted by molar-refractivity contribution is 7.98. The molecule has 1 aliphatic heterocycles. The average Bonchev–Trinajstić information content (AvgIpc) is 3.29. The van der Waals surface area contributed by atoms with Crippen molar-refractivity contribution in [3.8, 4) is 5.75 Å². The summed E-state index contributed by atoms with van der Waals surface area (Å²) in [4.78, 5) is 12.1. The van der Waals surface area contributed by atoms with E-state index in [0.717, 1.165) is 54.7 Å². The minimum absolute atomic E-state index is 0.0785. The number of aromatic nitrogens is 3. The van der Waals surface area contributed by atoms with Crippen LogP contribution >= 0.6 is 11.8 Å². The number of benzene rings is 1. The molecular weight excluding hydrogens is 372 g/mol. The Hall–Kier alpha value is -2.28. The van der Waals surface area contributed by atoms with Gasteiger partial charge in [0.1, 0.15) is 11.6 Å². The lowest BCUT2D eigenvalue weighted by atomic mass is 10.1. The van der Waals surface area contributed by atoms with E-state index in [2.05, 4.69) is 40.0 Å². The number of hydrogen-bond acceptors (Lipinski definition) is 5. The summed E-state index contributed by atoms with van der Waals surface area (Å²) in [6, 6.07) is 6.02. The first kappa shape index (κ1) is 20.5. The minimum atomic E-state index is -0.0785. The maximum atomic E-state index is 12.1. The van der Waals surface area contributed by atoms with E-state index in [1.165, 1.54) is 5.56 Å². The van der Waals surface area contributed by atoms with Gasteiger partial charge in [0.25, 0.3) is 0 Å². The number of amides is 1. The zero-order valence-corrected chi connectivity index (χ0v) is 17.6. The van der Waals surface area contributed by atoms with Gasteiger partial charge in [-0.15, -0.1) is 10.2 Å². The number of nitrogens with zero attached hydrogens (tertiary/aromatic N) is 3. The predicted octanol–water partition coefficient (Wildman–Crippen LogP) is 3.35. The molecule has 7 heteroatoms. The number of nitrogens with one attached hydrogen (secondary N) is 1. The van der Waals surface area contributed by atoms with Crippen LogP contribution in [-0.4, -0.2) is 40.1 Å². The summed E-state index contributed by atoms with van der Waals surface area (Å²) in [5, 5.41) is 12.5. The molecule has 2 heterocycles. The molecule has 3 rings (SSSR count). The van der Waals surface area contributed by atoms with E-state index in [0.29, 0.717) is 12.5 Å². The van der Waals surface area contributed by atoms with Gasteiger partial charge in [-0.05, 0) is 47.9 Å². The molecule has 1 aliphatic rings. The van der Waals surface area contributed by atoms with Crippen molar-refractivity contribution in [1.29, 1.82) is 0 Å². The molecule has 0 saturated heterocycles. The lowest BCUT2D eigenvalue weighted by Crippen LogP contribution is -2.23. The van der Waals surface area contributed by atoms with Crippen LogP contribution in [0.2, 0.25) is 0 Å². The van der Waals surface area contributed by atoms with Gasteiger partial charge in [0.05, 0.1) is 6.61 Å². The molecule has 0 spiro atoms. The number of ether oxygens (including phenoxy) is 1. The van der Waals surface area contributed by atoms with E-state index in [9.17, 15) is 4.79 Å². The Kier molecular flexibility index (Phi) is 7.14. The molecule has 1 N–H and O–H groups in total. The lowest BCUT2D eigenvalue weighted by molar-refractivity contribution is -0.116. The number of fused-ring (bicyclic) bond motifs is 1. The van der Waals surface area contributed by atoms with E-state index in [4.69, 9.17) is 4.74 Å². The van der Waals surface area contributed by atoms with Crippen molar-refractivity contribution in [2.24, 2.45) is 5.92 Å². The zero-order chi connectivity index (χ0) is 19.9. The second kappa shape index (κ2) is 9.78. The third-order valence-electron chi connectivity index (χ3n) is 4.54. The summed E-state index contributed by atoms with van der Waals surface area (Å²) in [5.41, 5.74) is 2.23. The molecule has 0 atom stereocenters. The van der Waals surface area contributed by atoms with Gasteiger partial charge < -0.3 is 14.6 Å². The Bertz CT molecular complexity index is 845. The largest absolute Gasteiger partial charge is 0.493 e. The smallest absolute Gasteiger partial charge is 0.243 e. The van der Waals surface area contributed by atoms with Crippen LogP contribution in [-0.2, 0) is 24.2 Å². The Labute approximate surface area is 170 Å². The van der Waals surface area contributed by atoms with E-state index >= 15 is 0 Å². The van der Waals surface area contributed by atoms with Crippen LogP contribution in [0.5, 0.6) is 5.75 Å². The average molecular weight is 401 g/mol. The Morgan fingerprint density at radius 1 is 1.39 bits per heavy atom.